The van der Waals surface area contributed by atoms with E-state index in [0.717, 1.165) is 5.57 Å². The highest BCUT2D eigenvalue weighted by Crippen LogP contribution is 2.25. The maximum Gasteiger partial charge on any atom is 0.316 e. The normalized spacial score (nSPS) is 29.1. The molecule has 68 valence electrons. The van der Waals surface area contributed by atoms with E-state index in [1.54, 1.807) is 0 Å². The lowest BCUT2D eigenvalue weighted by atomic mass is 9.94. The molecule has 0 aromatic carbocycles. The zero-order chi connectivity index (χ0) is 9.14. The van der Waals surface area contributed by atoms with Gasteiger partial charge in [0.05, 0.1) is 6.10 Å². The predicted octanol–water partition coefficient (Wildman–Crippen LogP) is 0.877. The molecule has 0 bridgehead atoms. The minimum atomic E-state index is -0.591. The topological polar surface area (TPSA) is 46.5 Å². The van der Waals surface area contributed by atoms with Crippen molar-refractivity contribution in [2.24, 2.45) is 5.92 Å². The van der Waals surface area contributed by atoms with Crippen molar-refractivity contribution in [1.82, 2.24) is 0 Å². The maximum absolute atomic E-state index is 11.1. The highest BCUT2D eigenvalue weighted by Gasteiger charge is 2.35. The summed E-state index contributed by atoms with van der Waals surface area (Å²) >= 11 is 0. The number of esters is 1. The lowest BCUT2D eigenvalue weighted by Crippen LogP contribution is -2.24. The third-order valence-electron chi connectivity index (χ3n) is 2.21. The second-order valence-corrected chi connectivity index (χ2v) is 2.92. The largest absolute Gasteiger partial charge is 0.461 e. The quantitative estimate of drug-likeness (QED) is 0.494. The second kappa shape index (κ2) is 3.72. The van der Waals surface area contributed by atoms with Crippen molar-refractivity contribution in [3.8, 4) is 0 Å². The minimum absolute atomic E-state index is 0.294. The predicted molar refractivity (Wildman–Crippen MR) is 44.5 cm³/mol. The number of aliphatic hydroxyl groups is 1. The van der Waals surface area contributed by atoms with Crippen molar-refractivity contribution in [1.29, 1.82) is 0 Å². The molecule has 1 rings (SSSR count). The average Bonchev–Trinajstić information content (AvgIpc) is 2.45. The highest BCUT2D eigenvalue weighted by molar-refractivity contribution is 5.79. The van der Waals surface area contributed by atoms with Gasteiger partial charge in [-0.15, -0.1) is 0 Å². The fourth-order valence-electron chi connectivity index (χ4n) is 1.39. The number of carbonyl (C=O) groups is 1. The van der Waals surface area contributed by atoms with Gasteiger partial charge in [0.15, 0.2) is 0 Å². The highest BCUT2D eigenvalue weighted by atomic mass is 16.5. The molecule has 3 nitrogen and oxygen atoms in total. The Morgan fingerprint density at radius 3 is 3.00 bits per heavy atom. The van der Waals surface area contributed by atoms with Gasteiger partial charge in [-0.2, -0.15) is 0 Å². The van der Waals surface area contributed by atoms with Gasteiger partial charge in [-0.05, 0) is 18.9 Å². The first-order chi connectivity index (χ1) is 5.70. The van der Waals surface area contributed by atoms with E-state index in [9.17, 15) is 9.90 Å². The van der Waals surface area contributed by atoms with Gasteiger partial charge in [0.2, 0.25) is 0 Å². The van der Waals surface area contributed by atoms with Crippen LogP contribution in [0.1, 0.15) is 20.3 Å². The first-order valence-corrected chi connectivity index (χ1v) is 4.20. The Hall–Kier alpha value is -0.830. The van der Waals surface area contributed by atoms with Crippen LogP contribution in [-0.4, -0.2) is 23.8 Å². The third-order valence-corrected chi connectivity index (χ3v) is 2.21. The van der Waals surface area contributed by atoms with Gasteiger partial charge in [-0.1, -0.05) is 13.0 Å². The molecule has 0 aliphatic carbocycles. The van der Waals surface area contributed by atoms with Crippen molar-refractivity contribution < 1.29 is 14.6 Å². The second-order valence-electron chi connectivity index (χ2n) is 2.92. The number of rotatable bonds is 2. The van der Waals surface area contributed by atoms with Crippen LogP contribution in [0.5, 0.6) is 0 Å². The van der Waals surface area contributed by atoms with E-state index < -0.39 is 12.0 Å². The zero-order valence-electron chi connectivity index (χ0n) is 7.41. The molecule has 1 aliphatic heterocycles. The summed E-state index contributed by atoms with van der Waals surface area (Å²) in [6.07, 6.45) is 1.83. The first-order valence-electron chi connectivity index (χ1n) is 4.20. The summed E-state index contributed by atoms with van der Waals surface area (Å²) in [6.45, 7) is 4.05. The van der Waals surface area contributed by atoms with E-state index >= 15 is 0 Å². The molecule has 1 saturated heterocycles. The monoisotopic (exact) mass is 170 g/mol. The Morgan fingerprint density at radius 1 is 1.83 bits per heavy atom. The van der Waals surface area contributed by atoms with Crippen molar-refractivity contribution in [2.75, 3.05) is 6.61 Å². The van der Waals surface area contributed by atoms with Crippen LogP contribution in [0.25, 0.3) is 0 Å². The molecule has 2 unspecified atom stereocenters. The van der Waals surface area contributed by atoms with E-state index in [1.807, 2.05) is 19.9 Å². The maximum atomic E-state index is 11.1. The van der Waals surface area contributed by atoms with Crippen molar-refractivity contribution in [2.45, 2.75) is 26.4 Å². The van der Waals surface area contributed by atoms with Crippen LogP contribution < -0.4 is 0 Å². The molecule has 0 spiro atoms. The number of ether oxygens (including phenoxy) is 1. The van der Waals surface area contributed by atoms with Gasteiger partial charge in [0.25, 0.3) is 0 Å². The molecule has 0 saturated carbocycles. The van der Waals surface area contributed by atoms with E-state index in [2.05, 4.69) is 0 Å². The van der Waals surface area contributed by atoms with Crippen molar-refractivity contribution >= 4 is 5.97 Å². The molecule has 1 fully saturated rings. The summed E-state index contributed by atoms with van der Waals surface area (Å²) in [5, 5.41) is 9.49. The Bertz CT molecular complexity index is 208. The molecule has 1 N–H and O–H groups in total. The molecular formula is C9H14O3. The number of carbonyl (C=O) groups excluding carboxylic acids is 1. The molecule has 0 aromatic rings. The van der Waals surface area contributed by atoms with E-state index in [4.69, 9.17) is 4.74 Å². The summed E-state index contributed by atoms with van der Waals surface area (Å²) in [5.74, 6) is -0.711. The van der Waals surface area contributed by atoms with Crippen LogP contribution >= 0.6 is 0 Å². The molecule has 2 atom stereocenters. The van der Waals surface area contributed by atoms with Crippen LogP contribution in [0.15, 0.2) is 11.6 Å². The van der Waals surface area contributed by atoms with Gasteiger partial charge < -0.3 is 9.84 Å². The lowest BCUT2D eigenvalue weighted by Gasteiger charge is -2.12. The van der Waals surface area contributed by atoms with E-state index in [1.165, 1.54) is 0 Å². The number of allylic oxidation sites excluding steroid dienone is 1. The van der Waals surface area contributed by atoms with Crippen molar-refractivity contribution in [3.05, 3.63) is 11.6 Å². The van der Waals surface area contributed by atoms with Crippen LogP contribution in [0.4, 0.5) is 0 Å². The smallest absolute Gasteiger partial charge is 0.316 e. The van der Waals surface area contributed by atoms with Gasteiger partial charge >= 0.3 is 5.97 Å². The van der Waals surface area contributed by atoms with Crippen LogP contribution in [-0.2, 0) is 9.53 Å². The third kappa shape index (κ3) is 1.50. The Kier molecular flexibility index (Phi) is 2.87. The SMILES string of the molecule is C/C=C1/COC(=O)C1C(O)CC. The summed E-state index contributed by atoms with van der Waals surface area (Å²) in [5.41, 5.74) is 0.898. The van der Waals surface area contributed by atoms with Gasteiger partial charge in [0.1, 0.15) is 12.5 Å². The molecule has 3 heteroatoms. The number of hydrogen-bond acceptors (Lipinski definition) is 3. The van der Waals surface area contributed by atoms with Gasteiger partial charge in [-0.25, -0.2) is 0 Å². The van der Waals surface area contributed by atoms with Gasteiger partial charge in [0, 0.05) is 0 Å². The Morgan fingerprint density at radius 2 is 2.50 bits per heavy atom. The van der Waals surface area contributed by atoms with E-state index in [-0.39, 0.29) is 5.97 Å². The lowest BCUT2D eigenvalue weighted by molar-refractivity contribution is -0.143. The summed E-state index contributed by atoms with van der Waals surface area (Å²) in [7, 11) is 0. The molecule has 1 aliphatic rings. The average molecular weight is 170 g/mol. The first kappa shape index (κ1) is 9.26. The minimum Gasteiger partial charge on any atom is -0.461 e. The fraction of sp³-hybridized carbons (Fsp3) is 0.667. The van der Waals surface area contributed by atoms with Crippen LogP contribution in [0.3, 0.4) is 0 Å². The molecule has 12 heavy (non-hydrogen) atoms. The number of aliphatic hydroxyl groups excluding tert-OH is 1. The number of hydrogen-bond donors (Lipinski definition) is 1. The summed E-state index contributed by atoms with van der Waals surface area (Å²) < 4.78 is 4.82. The molecule has 0 aromatic heterocycles. The van der Waals surface area contributed by atoms with Crippen molar-refractivity contribution in [3.63, 3.8) is 0 Å². The summed E-state index contributed by atoms with van der Waals surface area (Å²) in [4.78, 5) is 11.1. The standard InChI is InChI=1S/C9H14O3/c1-3-6-5-12-9(11)8(6)7(10)4-2/h3,7-8,10H,4-5H2,1-2H3/b6-3-. The Balaban J connectivity index is 2.77. The molecule has 1 heterocycles. The van der Waals surface area contributed by atoms with Gasteiger partial charge in [-0.3, -0.25) is 4.79 Å². The number of cyclic esters (lactones) is 1. The fourth-order valence-corrected chi connectivity index (χ4v) is 1.39. The zero-order valence-corrected chi connectivity index (χ0v) is 7.41. The Labute approximate surface area is 72.0 Å². The van der Waals surface area contributed by atoms with Crippen LogP contribution in [0, 0.1) is 5.92 Å². The van der Waals surface area contributed by atoms with E-state index in [0.29, 0.717) is 13.0 Å². The summed E-state index contributed by atoms with van der Waals surface area (Å²) in [6, 6.07) is 0. The molecular weight excluding hydrogens is 156 g/mol. The molecule has 0 radical (unpaired) electrons. The molecule has 0 amide bonds. The van der Waals surface area contributed by atoms with Crippen LogP contribution in [0.2, 0.25) is 0 Å².